The highest BCUT2D eigenvalue weighted by Gasteiger charge is 2.22. The zero-order valence-corrected chi connectivity index (χ0v) is 5.25. The van der Waals surface area contributed by atoms with Gasteiger partial charge in [-0.15, -0.1) is 0 Å². The van der Waals surface area contributed by atoms with E-state index in [-0.39, 0.29) is 12.1 Å². The Hall–Kier alpha value is -0.570. The highest BCUT2D eigenvalue weighted by Crippen LogP contribution is 2.19. The molecule has 0 amide bonds. The molecule has 0 aliphatic heterocycles. The molecule has 1 aliphatic rings. The predicted octanol–water partition coefficient (Wildman–Crippen LogP) is 0.0392. The molecule has 1 saturated carbocycles. The van der Waals surface area contributed by atoms with Gasteiger partial charge in [-0.3, -0.25) is 4.79 Å². The summed E-state index contributed by atoms with van der Waals surface area (Å²) in [5.74, 6) is 0. The van der Waals surface area contributed by atoms with E-state index >= 15 is 0 Å². The van der Waals surface area contributed by atoms with Gasteiger partial charge in [0, 0.05) is 6.04 Å². The van der Waals surface area contributed by atoms with Crippen LogP contribution in [0.4, 0.5) is 0 Å². The number of hydrogen-bond acceptors (Lipinski definition) is 3. The number of ether oxygens (including phenoxy) is 1. The number of hydrogen-bond donors (Lipinski definition) is 1. The molecule has 0 heterocycles. The first kappa shape index (κ1) is 6.55. The third-order valence-electron chi connectivity index (χ3n) is 1.67. The van der Waals surface area contributed by atoms with Crippen LogP contribution in [0.3, 0.4) is 0 Å². The lowest BCUT2D eigenvalue weighted by Crippen LogP contribution is -2.17. The van der Waals surface area contributed by atoms with Gasteiger partial charge in [-0.25, -0.2) is 0 Å². The second-order valence-electron chi connectivity index (χ2n) is 2.43. The van der Waals surface area contributed by atoms with Crippen molar-refractivity contribution in [1.29, 1.82) is 0 Å². The van der Waals surface area contributed by atoms with Gasteiger partial charge in [-0.1, -0.05) is 0 Å². The summed E-state index contributed by atoms with van der Waals surface area (Å²) < 4.78 is 4.71. The van der Waals surface area contributed by atoms with Crippen LogP contribution >= 0.6 is 0 Å². The second kappa shape index (κ2) is 2.82. The van der Waals surface area contributed by atoms with Crippen molar-refractivity contribution in [3.63, 3.8) is 0 Å². The molecule has 0 aromatic heterocycles. The summed E-state index contributed by atoms with van der Waals surface area (Å²) in [5, 5.41) is 0. The van der Waals surface area contributed by atoms with E-state index in [1.807, 2.05) is 0 Å². The van der Waals surface area contributed by atoms with Crippen LogP contribution in [-0.4, -0.2) is 18.6 Å². The van der Waals surface area contributed by atoms with Crippen LogP contribution in [0.25, 0.3) is 0 Å². The van der Waals surface area contributed by atoms with Crippen LogP contribution in [0.2, 0.25) is 0 Å². The Morgan fingerprint density at radius 3 is 2.78 bits per heavy atom. The summed E-state index contributed by atoms with van der Waals surface area (Å²) in [6.45, 7) is 0.503. The molecule has 0 aromatic rings. The quantitative estimate of drug-likeness (QED) is 0.535. The first-order valence-electron chi connectivity index (χ1n) is 3.17. The minimum atomic E-state index is 0.0949. The molecule has 2 atom stereocenters. The van der Waals surface area contributed by atoms with Gasteiger partial charge in [0.05, 0.1) is 0 Å². The fourth-order valence-electron chi connectivity index (χ4n) is 1.18. The first-order chi connectivity index (χ1) is 4.33. The molecular weight excluding hydrogens is 118 g/mol. The number of carbonyl (C=O) groups is 1. The number of rotatable bonds is 2. The summed E-state index contributed by atoms with van der Waals surface area (Å²) >= 11 is 0. The van der Waals surface area contributed by atoms with Crippen molar-refractivity contribution in [1.82, 2.24) is 0 Å². The third-order valence-corrected chi connectivity index (χ3v) is 1.67. The van der Waals surface area contributed by atoms with Crippen molar-refractivity contribution in [3.8, 4) is 0 Å². The molecule has 3 nitrogen and oxygen atoms in total. The largest absolute Gasteiger partial charge is 0.465 e. The highest BCUT2D eigenvalue weighted by atomic mass is 16.5. The van der Waals surface area contributed by atoms with Crippen molar-refractivity contribution < 1.29 is 9.53 Å². The molecular formula is C6H11NO2. The molecule has 3 heteroatoms. The molecule has 1 fully saturated rings. The Kier molecular flexibility index (Phi) is 2.05. The van der Waals surface area contributed by atoms with E-state index in [1.54, 1.807) is 0 Å². The molecule has 0 aromatic carbocycles. The van der Waals surface area contributed by atoms with E-state index in [4.69, 9.17) is 10.5 Å². The molecule has 0 bridgehead atoms. The number of nitrogens with two attached hydrogens (primary N) is 1. The molecule has 9 heavy (non-hydrogen) atoms. The summed E-state index contributed by atoms with van der Waals surface area (Å²) in [4.78, 5) is 9.80. The molecule has 0 radical (unpaired) electrons. The Balaban J connectivity index is 2.21. The Morgan fingerprint density at radius 1 is 1.56 bits per heavy atom. The fraction of sp³-hybridized carbons (Fsp3) is 0.833. The van der Waals surface area contributed by atoms with Crippen molar-refractivity contribution in [2.75, 3.05) is 0 Å². The van der Waals surface area contributed by atoms with Gasteiger partial charge in [-0.2, -0.15) is 0 Å². The molecule has 52 valence electrons. The Morgan fingerprint density at radius 2 is 2.33 bits per heavy atom. The number of carbonyl (C=O) groups excluding carboxylic acids is 1. The first-order valence-corrected chi connectivity index (χ1v) is 3.17. The van der Waals surface area contributed by atoms with Crippen molar-refractivity contribution >= 4 is 6.47 Å². The van der Waals surface area contributed by atoms with Gasteiger partial charge >= 0.3 is 0 Å². The van der Waals surface area contributed by atoms with Gasteiger partial charge in [-0.05, 0) is 19.3 Å². The zero-order valence-electron chi connectivity index (χ0n) is 5.25. The average molecular weight is 129 g/mol. The molecule has 2 N–H and O–H groups in total. The van der Waals surface area contributed by atoms with Gasteiger partial charge < -0.3 is 10.5 Å². The third kappa shape index (κ3) is 1.68. The summed E-state index contributed by atoms with van der Waals surface area (Å²) in [6.07, 6.45) is 2.84. The minimum Gasteiger partial charge on any atom is -0.465 e. The van der Waals surface area contributed by atoms with E-state index in [9.17, 15) is 4.79 Å². The van der Waals surface area contributed by atoms with Gasteiger partial charge in [0.2, 0.25) is 0 Å². The lowest BCUT2D eigenvalue weighted by Gasteiger charge is -2.04. The van der Waals surface area contributed by atoms with Crippen LogP contribution < -0.4 is 5.73 Å². The summed E-state index contributed by atoms with van der Waals surface area (Å²) in [5.41, 5.74) is 5.56. The second-order valence-corrected chi connectivity index (χ2v) is 2.43. The van der Waals surface area contributed by atoms with Crippen molar-refractivity contribution in [3.05, 3.63) is 0 Å². The Labute approximate surface area is 54.2 Å². The standard InChI is InChI=1S/C6H11NO2/c7-5-1-2-6(3-5)9-4-8/h4-6H,1-3,7H2/t5-,6+/m1/s1. The maximum Gasteiger partial charge on any atom is 0.293 e. The van der Waals surface area contributed by atoms with E-state index < -0.39 is 0 Å². The normalized spacial score (nSPS) is 34.3. The van der Waals surface area contributed by atoms with Gasteiger partial charge in [0.25, 0.3) is 6.47 Å². The van der Waals surface area contributed by atoms with Crippen LogP contribution in [0.5, 0.6) is 0 Å². The van der Waals surface area contributed by atoms with Crippen molar-refractivity contribution in [2.24, 2.45) is 5.73 Å². The zero-order chi connectivity index (χ0) is 6.69. The molecule has 0 spiro atoms. The van der Waals surface area contributed by atoms with Crippen LogP contribution in [0.15, 0.2) is 0 Å². The van der Waals surface area contributed by atoms with E-state index in [0.29, 0.717) is 6.47 Å². The molecule has 1 aliphatic carbocycles. The Bertz CT molecular complexity index is 105. The van der Waals surface area contributed by atoms with Gasteiger partial charge in [0.1, 0.15) is 6.10 Å². The maximum atomic E-state index is 9.80. The average Bonchev–Trinajstić information content (AvgIpc) is 2.17. The molecule has 0 saturated heterocycles. The maximum absolute atomic E-state index is 9.80. The highest BCUT2D eigenvalue weighted by molar-refractivity contribution is 5.37. The monoisotopic (exact) mass is 129 g/mol. The van der Waals surface area contributed by atoms with Crippen LogP contribution in [0, 0.1) is 0 Å². The minimum absolute atomic E-state index is 0.0949. The van der Waals surface area contributed by atoms with Crippen molar-refractivity contribution in [2.45, 2.75) is 31.4 Å². The fourth-order valence-corrected chi connectivity index (χ4v) is 1.18. The van der Waals surface area contributed by atoms with Crippen LogP contribution in [-0.2, 0) is 9.53 Å². The topological polar surface area (TPSA) is 52.3 Å². The van der Waals surface area contributed by atoms with E-state index in [2.05, 4.69) is 0 Å². The van der Waals surface area contributed by atoms with E-state index in [1.165, 1.54) is 0 Å². The SMILES string of the molecule is N[C@@H]1CC[C@H](OC=O)C1. The van der Waals surface area contributed by atoms with Gasteiger partial charge in [0.15, 0.2) is 0 Å². The smallest absolute Gasteiger partial charge is 0.293 e. The predicted molar refractivity (Wildman–Crippen MR) is 32.8 cm³/mol. The lowest BCUT2D eigenvalue weighted by atomic mass is 10.3. The molecule has 1 rings (SSSR count). The molecule has 0 unspecified atom stereocenters. The lowest BCUT2D eigenvalue weighted by molar-refractivity contribution is -0.133. The van der Waals surface area contributed by atoms with E-state index in [0.717, 1.165) is 19.3 Å². The van der Waals surface area contributed by atoms with Crippen LogP contribution in [0.1, 0.15) is 19.3 Å². The summed E-state index contributed by atoms with van der Waals surface area (Å²) in [7, 11) is 0. The summed E-state index contributed by atoms with van der Waals surface area (Å²) in [6, 6.07) is 0.245.